The van der Waals surface area contributed by atoms with Crippen molar-refractivity contribution in [3.8, 4) is 0 Å². The molecule has 0 aromatic carbocycles. The van der Waals surface area contributed by atoms with Crippen molar-refractivity contribution < 1.29 is 9.53 Å². The molecule has 2 aliphatic rings. The average Bonchev–Trinajstić information content (AvgIpc) is 2.62. The summed E-state index contributed by atoms with van der Waals surface area (Å²) >= 11 is 1.56. The van der Waals surface area contributed by atoms with Crippen LogP contribution in [0.2, 0.25) is 0 Å². The van der Waals surface area contributed by atoms with Crippen molar-refractivity contribution in [1.82, 2.24) is 9.88 Å². The van der Waals surface area contributed by atoms with Crippen molar-refractivity contribution in [2.24, 2.45) is 0 Å². The Morgan fingerprint density at radius 1 is 1.53 bits per heavy atom. The van der Waals surface area contributed by atoms with Gasteiger partial charge in [0.15, 0.2) is 5.13 Å². The van der Waals surface area contributed by atoms with Crippen molar-refractivity contribution in [3.05, 3.63) is 11.1 Å². The number of methoxy groups -OCH3 is 1. The Balaban J connectivity index is 1.63. The van der Waals surface area contributed by atoms with E-state index in [0.717, 1.165) is 18.2 Å². The summed E-state index contributed by atoms with van der Waals surface area (Å²) in [4.78, 5) is 20.4. The molecule has 0 aliphatic carbocycles. The molecule has 17 heavy (non-hydrogen) atoms. The molecule has 0 bridgehead atoms. The highest BCUT2D eigenvalue weighted by molar-refractivity contribution is 7.14. The van der Waals surface area contributed by atoms with Gasteiger partial charge in [0.2, 0.25) is 0 Å². The van der Waals surface area contributed by atoms with E-state index in [1.165, 1.54) is 6.42 Å². The minimum atomic E-state index is 0.0290. The van der Waals surface area contributed by atoms with Gasteiger partial charge in [0.25, 0.3) is 5.91 Å². The van der Waals surface area contributed by atoms with E-state index in [-0.39, 0.29) is 12.0 Å². The maximum atomic E-state index is 12.0. The molecule has 0 N–H and O–H groups in total. The molecular weight excluding hydrogens is 238 g/mol. The first kappa shape index (κ1) is 11.0. The predicted octanol–water partition coefficient (Wildman–Crippen LogP) is 0.824. The molecule has 1 aromatic rings. The summed E-state index contributed by atoms with van der Waals surface area (Å²) in [6.45, 7) is 3.50. The first-order valence-electron chi connectivity index (χ1n) is 5.80. The zero-order valence-electron chi connectivity index (χ0n) is 9.76. The Morgan fingerprint density at radius 2 is 2.29 bits per heavy atom. The number of rotatable bonds is 3. The van der Waals surface area contributed by atoms with E-state index in [2.05, 4.69) is 9.88 Å². The maximum Gasteiger partial charge on any atom is 0.273 e. The van der Waals surface area contributed by atoms with Crippen LogP contribution in [0.5, 0.6) is 0 Å². The average molecular weight is 253 g/mol. The van der Waals surface area contributed by atoms with Crippen LogP contribution in [0.1, 0.15) is 16.9 Å². The van der Waals surface area contributed by atoms with E-state index in [9.17, 15) is 4.79 Å². The summed E-state index contributed by atoms with van der Waals surface area (Å²) in [6.07, 6.45) is 1.43. The summed E-state index contributed by atoms with van der Waals surface area (Å²) in [5.74, 6) is 0.0290. The molecule has 92 valence electrons. The number of likely N-dealkylation sites (tertiary alicyclic amines) is 1. The molecule has 2 fully saturated rings. The second-order valence-corrected chi connectivity index (χ2v) is 5.26. The van der Waals surface area contributed by atoms with E-state index in [0.29, 0.717) is 18.8 Å². The van der Waals surface area contributed by atoms with E-state index >= 15 is 0 Å². The first-order chi connectivity index (χ1) is 8.28. The Bertz CT molecular complexity index is 424. The summed E-state index contributed by atoms with van der Waals surface area (Å²) in [7, 11) is 1.68. The van der Waals surface area contributed by atoms with Crippen molar-refractivity contribution in [2.45, 2.75) is 12.5 Å². The van der Waals surface area contributed by atoms with Crippen LogP contribution < -0.4 is 4.90 Å². The number of carbonyl (C=O) groups is 1. The zero-order chi connectivity index (χ0) is 11.8. The number of hydrogen-bond donors (Lipinski definition) is 0. The lowest BCUT2D eigenvalue weighted by atomic mass is 10.1. The molecule has 0 atom stereocenters. The fourth-order valence-corrected chi connectivity index (χ4v) is 2.78. The van der Waals surface area contributed by atoms with Gasteiger partial charge >= 0.3 is 0 Å². The van der Waals surface area contributed by atoms with Gasteiger partial charge in [-0.05, 0) is 6.42 Å². The van der Waals surface area contributed by atoms with Gasteiger partial charge in [-0.25, -0.2) is 4.98 Å². The Morgan fingerprint density at radius 3 is 2.88 bits per heavy atom. The molecule has 2 saturated heterocycles. The van der Waals surface area contributed by atoms with Gasteiger partial charge in [-0.1, -0.05) is 0 Å². The molecule has 3 heterocycles. The molecule has 2 aliphatic heterocycles. The molecule has 5 nitrogen and oxygen atoms in total. The van der Waals surface area contributed by atoms with E-state index in [4.69, 9.17) is 4.74 Å². The topological polar surface area (TPSA) is 45.7 Å². The van der Waals surface area contributed by atoms with Gasteiger partial charge in [0, 0.05) is 38.7 Å². The zero-order valence-corrected chi connectivity index (χ0v) is 10.6. The van der Waals surface area contributed by atoms with Crippen molar-refractivity contribution in [2.75, 3.05) is 38.2 Å². The third-order valence-corrected chi connectivity index (χ3v) is 4.21. The smallest absolute Gasteiger partial charge is 0.273 e. The summed E-state index contributed by atoms with van der Waals surface area (Å²) in [6, 6.07) is 0. The van der Waals surface area contributed by atoms with Crippen molar-refractivity contribution in [1.29, 1.82) is 0 Å². The molecule has 0 unspecified atom stereocenters. The van der Waals surface area contributed by atoms with Gasteiger partial charge in [0.05, 0.1) is 6.10 Å². The van der Waals surface area contributed by atoms with Gasteiger partial charge in [-0.2, -0.15) is 0 Å². The number of hydrogen-bond acceptors (Lipinski definition) is 5. The van der Waals surface area contributed by atoms with Crippen LogP contribution in [0, 0.1) is 0 Å². The van der Waals surface area contributed by atoms with Gasteiger partial charge in [-0.15, -0.1) is 11.3 Å². The van der Waals surface area contributed by atoms with E-state index < -0.39 is 0 Å². The molecular formula is C11H15N3O2S. The SMILES string of the molecule is COC1CN(C(=O)c2csc(N3CCC3)n2)C1. The monoisotopic (exact) mass is 253 g/mol. The summed E-state index contributed by atoms with van der Waals surface area (Å²) < 4.78 is 5.15. The predicted molar refractivity (Wildman–Crippen MR) is 65.6 cm³/mol. The minimum Gasteiger partial charge on any atom is -0.378 e. The fourth-order valence-electron chi connectivity index (χ4n) is 1.93. The highest BCUT2D eigenvalue weighted by Gasteiger charge is 2.32. The maximum absolute atomic E-state index is 12.0. The largest absolute Gasteiger partial charge is 0.378 e. The van der Waals surface area contributed by atoms with Crippen LogP contribution in [0.3, 0.4) is 0 Å². The lowest BCUT2D eigenvalue weighted by Crippen LogP contribution is -2.54. The number of amides is 1. The van der Waals surface area contributed by atoms with Crippen LogP contribution in [-0.2, 0) is 4.74 Å². The number of anilines is 1. The van der Waals surface area contributed by atoms with E-state index in [1.54, 1.807) is 23.3 Å². The molecule has 1 aromatic heterocycles. The number of thiazole rings is 1. The lowest BCUT2D eigenvalue weighted by Gasteiger charge is -2.37. The van der Waals surface area contributed by atoms with Gasteiger partial charge in [-0.3, -0.25) is 4.79 Å². The molecule has 3 rings (SSSR count). The summed E-state index contributed by atoms with van der Waals surface area (Å²) in [5.41, 5.74) is 0.575. The van der Waals surface area contributed by atoms with Crippen molar-refractivity contribution in [3.63, 3.8) is 0 Å². The third kappa shape index (κ3) is 1.91. The third-order valence-electron chi connectivity index (χ3n) is 3.31. The standard InChI is InChI=1S/C11H15N3O2S/c1-16-8-5-14(6-8)10(15)9-7-17-11(12-9)13-3-2-4-13/h7-8H,2-6H2,1H3. The highest BCUT2D eigenvalue weighted by atomic mass is 32.1. The lowest BCUT2D eigenvalue weighted by molar-refractivity contribution is -0.0194. The normalized spacial score (nSPS) is 20.1. The second-order valence-electron chi connectivity index (χ2n) is 4.42. The Hall–Kier alpha value is -1.14. The quantitative estimate of drug-likeness (QED) is 0.800. The number of ether oxygens (including phenoxy) is 1. The van der Waals surface area contributed by atoms with Crippen LogP contribution in [0.15, 0.2) is 5.38 Å². The second kappa shape index (κ2) is 4.27. The molecule has 1 amide bonds. The van der Waals surface area contributed by atoms with E-state index in [1.807, 2.05) is 5.38 Å². The number of nitrogens with zero attached hydrogens (tertiary/aromatic N) is 3. The van der Waals surface area contributed by atoms with Crippen LogP contribution >= 0.6 is 11.3 Å². The van der Waals surface area contributed by atoms with Crippen LogP contribution in [0.25, 0.3) is 0 Å². The number of aromatic nitrogens is 1. The molecule has 6 heteroatoms. The molecule has 0 spiro atoms. The first-order valence-corrected chi connectivity index (χ1v) is 6.68. The highest BCUT2D eigenvalue weighted by Crippen LogP contribution is 2.26. The minimum absolute atomic E-state index is 0.0290. The number of carbonyl (C=O) groups excluding carboxylic acids is 1. The van der Waals surface area contributed by atoms with Crippen molar-refractivity contribution >= 4 is 22.4 Å². The Labute approximate surface area is 104 Å². The molecule has 0 saturated carbocycles. The van der Waals surface area contributed by atoms with Crippen LogP contribution in [0.4, 0.5) is 5.13 Å². The Kier molecular flexibility index (Phi) is 2.76. The van der Waals surface area contributed by atoms with Crippen LogP contribution in [-0.4, -0.2) is 55.2 Å². The van der Waals surface area contributed by atoms with Gasteiger partial charge in [0.1, 0.15) is 5.69 Å². The van der Waals surface area contributed by atoms with Gasteiger partial charge < -0.3 is 14.5 Å². The molecule has 0 radical (unpaired) electrons. The fraction of sp³-hybridized carbons (Fsp3) is 0.636. The summed E-state index contributed by atoms with van der Waals surface area (Å²) in [5, 5.41) is 2.83.